The van der Waals surface area contributed by atoms with E-state index in [0.29, 0.717) is 5.56 Å². The molecule has 2 atom stereocenters. The van der Waals surface area contributed by atoms with Crippen LogP contribution in [0.4, 0.5) is 0 Å². The number of carboxylic acids is 1. The van der Waals surface area contributed by atoms with E-state index in [1.807, 2.05) is 0 Å². The monoisotopic (exact) mass is 265 g/mol. The molecule has 1 rings (SSSR count). The molecule has 1 aromatic rings. The predicted molar refractivity (Wildman–Crippen MR) is 66.3 cm³/mol. The summed E-state index contributed by atoms with van der Waals surface area (Å²) in [5.74, 6) is -2.35. The lowest BCUT2D eigenvalue weighted by Crippen LogP contribution is -2.34. The molecule has 2 unspecified atom stereocenters. The summed E-state index contributed by atoms with van der Waals surface area (Å²) in [5, 5.41) is 17.8. The van der Waals surface area contributed by atoms with Gasteiger partial charge in [0.1, 0.15) is 5.78 Å². The Balaban J connectivity index is 3.07. The van der Waals surface area contributed by atoms with E-state index in [9.17, 15) is 9.59 Å². The lowest BCUT2D eigenvalue weighted by molar-refractivity contribution is -0.138. The van der Waals surface area contributed by atoms with Crippen molar-refractivity contribution in [2.75, 3.05) is 0 Å². The summed E-state index contributed by atoms with van der Waals surface area (Å²) in [6, 6.07) is 10.2. The Morgan fingerprint density at radius 1 is 1.44 bits per heavy atom. The zero-order valence-electron chi connectivity index (χ0n) is 9.76. The van der Waals surface area contributed by atoms with Crippen molar-refractivity contribution in [3.63, 3.8) is 0 Å². The molecule has 0 radical (unpaired) electrons. The van der Waals surface area contributed by atoms with Gasteiger partial charge < -0.3 is 5.11 Å². The van der Waals surface area contributed by atoms with Gasteiger partial charge in [-0.1, -0.05) is 41.9 Å². The number of carboxylic acid groups (broad SMARTS) is 1. The summed E-state index contributed by atoms with van der Waals surface area (Å²) in [6.45, 7) is 1.36. The van der Waals surface area contributed by atoms with Gasteiger partial charge in [0.15, 0.2) is 0 Å². The first-order chi connectivity index (χ1) is 8.40. The van der Waals surface area contributed by atoms with Crippen LogP contribution in [0.15, 0.2) is 30.3 Å². The maximum atomic E-state index is 11.6. The molecule has 0 aromatic heterocycles. The van der Waals surface area contributed by atoms with Gasteiger partial charge in [0.2, 0.25) is 4.87 Å². The fourth-order valence-electron chi connectivity index (χ4n) is 1.64. The number of nitrogens with zero attached hydrogens (tertiary/aromatic N) is 1. The summed E-state index contributed by atoms with van der Waals surface area (Å²) in [4.78, 5) is 20.5. The molecule has 0 amide bonds. The molecule has 0 saturated carbocycles. The minimum atomic E-state index is -2.08. The molecular formula is C13H12ClNO3. The Kier molecular flexibility index (Phi) is 4.46. The molecule has 18 heavy (non-hydrogen) atoms. The van der Waals surface area contributed by atoms with Gasteiger partial charge in [-0.2, -0.15) is 5.26 Å². The number of aliphatic carboxylic acids is 1. The number of alkyl halides is 1. The minimum absolute atomic E-state index is 0.220. The van der Waals surface area contributed by atoms with E-state index in [4.69, 9.17) is 22.0 Å². The Hall–Kier alpha value is -1.86. The van der Waals surface area contributed by atoms with Crippen molar-refractivity contribution in [1.82, 2.24) is 0 Å². The molecule has 4 nitrogen and oxygen atoms in total. The summed E-state index contributed by atoms with van der Waals surface area (Å²) in [6.07, 6.45) is -0.250. The largest absolute Gasteiger partial charge is 0.479 e. The van der Waals surface area contributed by atoms with E-state index >= 15 is 0 Å². The molecule has 0 spiro atoms. The summed E-state index contributed by atoms with van der Waals surface area (Å²) < 4.78 is 0. The number of nitriles is 1. The van der Waals surface area contributed by atoms with Gasteiger partial charge in [0, 0.05) is 12.3 Å². The number of carbonyl (C=O) groups excluding carboxylic acids is 1. The highest BCUT2D eigenvalue weighted by Gasteiger charge is 2.40. The number of Topliss-reactive ketones (excluding diaryl/α,β-unsaturated/α-hetero) is 1. The van der Waals surface area contributed by atoms with E-state index in [1.165, 1.54) is 6.92 Å². The van der Waals surface area contributed by atoms with Crippen molar-refractivity contribution in [2.45, 2.75) is 24.1 Å². The molecule has 5 heteroatoms. The van der Waals surface area contributed by atoms with E-state index in [1.54, 1.807) is 36.4 Å². The maximum absolute atomic E-state index is 11.6. The van der Waals surface area contributed by atoms with Crippen molar-refractivity contribution in [3.05, 3.63) is 35.9 Å². The van der Waals surface area contributed by atoms with E-state index < -0.39 is 16.8 Å². The predicted octanol–water partition coefficient (Wildman–Crippen LogP) is 2.34. The van der Waals surface area contributed by atoms with Crippen LogP contribution in [0.1, 0.15) is 24.8 Å². The van der Waals surface area contributed by atoms with Crippen LogP contribution in [0, 0.1) is 11.3 Å². The molecule has 0 fully saturated rings. The summed E-state index contributed by atoms with van der Waals surface area (Å²) >= 11 is 5.73. The maximum Gasteiger partial charge on any atom is 0.339 e. The second-order valence-electron chi connectivity index (χ2n) is 4.00. The molecular weight excluding hydrogens is 254 g/mol. The molecule has 1 N–H and O–H groups in total. The van der Waals surface area contributed by atoms with Gasteiger partial charge in [-0.3, -0.25) is 4.79 Å². The van der Waals surface area contributed by atoms with Gasteiger partial charge >= 0.3 is 5.97 Å². The van der Waals surface area contributed by atoms with Crippen LogP contribution < -0.4 is 0 Å². The number of hydrogen-bond acceptors (Lipinski definition) is 3. The second kappa shape index (κ2) is 5.65. The zero-order chi connectivity index (χ0) is 13.8. The molecule has 0 aliphatic rings. The fraction of sp³-hybridized carbons (Fsp3) is 0.308. The molecule has 1 aromatic carbocycles. The normalized spacial score (nSPS) is 15.2. The lowest BCUT2D eigenvalue weighted by Gasteiger charge is -2.20. The first-order valence-corrected chi connectivity index (χ1v) is 5.67. The average molecular weight is 266 g/mol. The molecule has 0 aliphatic heterocycles. The quantitative estimate of drug-likeness (QED) is 0.829. The van der Waals surface area contributed by atoms with Gasteiger partial charge in [0.25, 0.3) is 0 Å². The summed E-state index contributed by atoms with van der Waals surface area (Å²) in [5.41, 5.74) is 0.659. The third kappa shape index (κ3) is 3.08. The molecule has 0 aliphatic carbocycles. The Bertz CT molecular complexity index is 495. The second-order valence-corrected chi connectivity index (χ2v) is 4.64. The highest BCUT2D eigenvalue weighted by Crippen LogP contribution is 2.31. The van der Waals surface area contributed by atoms with E-state index in [2.05, 4.69) is 0 Å². The van der Waals surface area contributed by atoms with Gasteiger partial charge in [-0.25, -0.2) is 4.79 Å². The van der Waals surface area contributed by atoms with E-state index in [0.717, 1.165) is 0 Å². The molecule has 0 saturated heterocycles. The fourth-order valence-corrected chi connectivity index (χ4v) is 1.80. The summed E-state index contributed by atoms with van der Waals surface area (Å²) in [7, 11) is 0. The third-order valence-corrected chi connectivity index (χ3v) is 3.09. The average Bonchev–Trinajstić information content (AvgIpc) is 2.36. The zero-order valence-corrected chi connectivity index (χ0v) is 10.5. The van der Waals surface area contributed by atoms with Crippen molar-refractivity contribution in [2.24, 2.45) is 0 Å². The standard InChI is InChI=1S/C13H12ClNO3/c1-9(16)11(10-5-3-2-4-6-10)7-13(14,8-15)12(17)18/h2-6,11H,7H2,1H3,(H,17,18). The SMILES string of the molecule is CC(=O)C(CC(Cl)(C#N)C(=O)O)c1ccccc1. The smallest absolute Gasteiger partial charge is 0.339 e. The number of benzene rings is 1. The van der Waals surface area contributed by atoms with Crippen LogP contribution in [-0.2, 0) is 9.59 Å². The van der Waals surface area contributed by atoms with Crippen LogP contribution in [0.2, 0.25) is 0 Å². The lowest BCUT2D eigenvalue weighted by atomic mass is 9.86. The van der Waals surface area contributed by atoms with Crippen LogP contribution in [0.25, 0.3) is 0 Å². The number of carbonyl (C=O) groups is 2. The van der Waals surface area contributed by atoms with Crippen molar-refractivity contribution < 1.29 is 14.7 Å². The highest BCUT2D eigenvalue weighted by molar-refractivity contribution is 6.36. The minimum Gasteiger partial charge on any atom is -0.479 e. The number of hydrogen-bond donors (Lipinski definition) is 1. The van der Waals surface area contributed by atoms with Crippen LogP contribution in [0.3, 0.4) is 0 Å². The van der Waals surface area contributed by atoms with Crippen molar-refractivity contribution in [1.29, 1.82) is 5.26 Å². The first kappa shape index (κ1) is 14.2. The van der Waals surface area contributed by atoms with Gasteiger partial charge in [-0.15, -0.1) is 0 Å². The molecule has 0 bridgehead atoms. The number of rotatable bonds is 5. The number of ketones is 1. The first-order valence-electron chi connectivity index (χ1n) is 5.29. The van der Waals surface area contributed by atoms with Gasteiger partial charge in [0.05, 0.1) is 6.07 Å². The van der Waals surface area contributed by atoms with Crippen LogP contribution in [-0.4, -0.2) is 21.7 Å². The molecule has 0 heterocycles. The third-order valence-electron chi connectivity index (χ3n) is 2.69. The number of halogens is 1. The molecule has 94 valence electrons. The Morgan fingerprint density at radius 2 is 2.00 bits per heavy atom. The van der Waals surface area contributed by atoms with Crippen LogP contribution >= 0.6 is 11.6 Å². The topological polar surface area (TPSA) is 78.2 Å². The van der Waals surface area contributed by atoms with Gasteiger partial charge in [-0.05, 0) is 12.5 Å². The highest BCUT2D eigenvalue weighted by atomic mass is 35.5. The van der Waals surface area contributed by atoms with Crippen LogP contribution in [0.5, 0.6) is 0 Å². The van der Waals surface area contributed by atoms with Crippen molar-refractivity contribution >= 4 is 23.4 Å². The van der Waals surface area contributed by atoms with Crippen molar-refractivity contribution in [3.8, 4) is 6.07 Å². The Morgan fingerprint density at radius 3 is 2.39 bits per heavy atom. The van der Waals surface area contributed by atoms with E-state index in [-0.39, 0.29) is 12.2 Å². The Labute approximate surface area is 110 Å².